The number of nitrogens with zero attached hydrogens (tertiary/aromatic N) is 4. The van der Waals surface area contributed by atoms with E-state index >= 15 is 0 Å². The molecule has 6 heteroatoms. The van der Waals surface area contributed by atoms with E-state index in [1.54, 1.807) is 11.6 Å². The number of hydrogen-bond acceptors (Lipinski definition) is 4. The molecule has 0 spiro atoms. The molecule has 0 N–H and O–H groups in total. The summed E-state index contributed by atoms with van der Waals surface area (Å²) in [4.78, 5) is 13.7. The van der Waals surface area contributed by atoms with Crippen molar-refractivity contribution in [1.29, 1.82) is 0 Å². The second-order valence-corrected chi connectivity index (χ2v) is 7.34. The van der Waals surface area contributed by atoms with E-state index in [1.165, 1.54) is 12.8 Å². The van der Waals surface area contributed by atoms with Crippen molar-refractivity contribution in [3.8, 4) is 23.1 Å². The van der Waals surface area contributed by atoms with Gasteiger partial charge >= 0.3 is 0 Å². The van der Waals surface area contributed by atoms with Crippen molar-refractivity contribution in [3.63, 3.8) is 0 Å². The van der Waals surface area contributed by atoms with Crippen LogP contribution < -0.4 is 0 Å². The van der Waals surface area contributed by atoms with Gasteiger partial charge < -0.3 is 9.64 Å². The lowest BCUT2D eigenvalue weighted by molar-refractivity contribution is -0.138. The second-order valence-electron chi connectivity index (χ2n) is 7.34. The van der Waals surface area contributed by atoms with E-state index in [2.05, 4.69) is 41.2 Å². The number of hydrogen-bond donors (Lipinski definition) is 0. The molecule has 2 aromatic rings. The highest BCUT2D eigenvalue weighted by molar-refractivity contribution is 5.73. The summed E-state index contributed by atoms with van der Waals surface area (Å²) in [5.74, 6) is 7.23. The Kier molecular flexibility index (Phi) is 4.95. The highest BCUT2D eigenvalue weighted by Gasteiger charge is 2.26. The number of aromatic nitrogens is 3. The van der Waals surface area contributed by atoms with E-state index in [9.17, 15) is 4.79 Å². The van der Waals surface area contributed by atoms with Crippen molar-refractivity contribution in [1.82, 2.24) is 19.9 Å². The van der Waals surface area contributed by atoms with Gasteiger partial charge in [0, 0.05) is 30.5 Å². The summed E-state index contributed by atoms with van der Waals surface area (Å²) in [7, 11) is 0. The topological polar surface area (TPSA) is 60.2 Å². The number of rotatable bonds is 3. The lowest BCUT2D eigenvalue weighted by atomic mass is 10.0. The molecule has 6 nitrogen and oxygen atoms in total. The first-order valence-corrected chi connectivity index (χ1v) is 9.48. The highest BCUT2D eigenvalue weighted by Crippen LogP contribution is 2.28. The van der Waals surface area contributed by atoms with Gasteiger partial charge in [-0.3, -0.25) is 4.79 Å². The minimum atomic E-state index is -0.00743. The predicted octanol–water partition coefficient (Wildman–Crippen LogP) is 2.26. The molecule has 27 heavy (non-hydrogen) atoms. The Hall–Kier alpha value is -2.65. The third kappa shape index (κ3) is 4.20. The van der Waals surface area contributed by atoms with Crippen LogP contribution in [0, 0.1) is 24.7 Å². The smallest absolute Gasteiger partial charge is 0.219 e. The number of aryl methyl sites for hydroxylation is 1. The van der Waals surface area contributed by atoms with Gasteiger partial charge in [-0.2, -0.15) is 0 Å². The number of carbonyl (C=O) groups is 1. The fraction of sp³-hybridized carbons (Fsp3) is 0.476. The summed E-state index contributed by atoms with van der Waals surface area (Å²) < 4.78 is 7.33. The van der Waals surface area contributed by atoms with Crippen molar-refractivity contribution >= 4 is 5.91 Å². The lowest BCUT2D eigenvalue weighted by Crippen LogP contribution is -2.49. The normalized spacial score (nSPS) is 19.5. The zero-order valence-electron chi connectivity index (χ0n) is 15.8. The molecular formula is C21H24N4O2. The van der Waals surface area contributed by atoms with Gasteiger partial charge in [0.1, 0.15) is 5.69 Å². The molecule has 1 saturated carbocycles. The number of amides is 1. The van der Waals surface area contributed by atoms with Crippen molar-refractivity contribution in [2.75, 3.05) is 19.8 Å². The molecule has 1 aromatic carbocycles. The number of carbonyl (C=O) groups excluding carboxylic acids is 1. The summed E-state index contributed by atoms with van der Waals surface area (Å²) >= 11 is 0. The van der Waals surface area contributed by atoms with Gasteiger partial charge in [-0.15, -0.1) is 5.10 Å². The monoisotopic (exact) mass is 364 g/mol. The van der Waals surface area contributed by atoms with E-state index in [0.29, 0.717) is 32.2 Å². The van der Waals surface area contributed by atoms with Crippen LogP contribution in [-0.2, 0) is 16.1 Å². The van der Waals surface area contributed by atoms with Gasteiger partial charge in [0.25, 0.3) is 0 Å². The zero-order valence-corrected chi connectivity index (χ0v) is 15.8. The molecular weight excluding hydrogens is 340 g/mol. The Balaban J connectivity index is 1.49. The van der Waals surface area contributed by atoms with Crippen LogP contribution in [0.1, 0.15) is 30.9 Å². The van der Waals surface area contributed by atoms with Crippen LogP contribution >= 0.6 is 0 Å². The van der Waals surface area contributed by atoms with Gasteiger partial charge in [0.05, 0.1) is 32.0 Å². The van der Waals surface area contributed by atoms with Crippen LogP contribution in [0.5, 0.6) is 0 Å². The molecule has 0 bridgehead atoms. The lowest BCUT2D eigenvalue weighted by Gasteiger charge is -2.34. The summed E-state index contributed by atoms with van der Waals surface area (Å²) in [6.45, 7) is 6.00. The number of ether oxygens (including phenoxy) is 1. The average Bonchev–Trinajstić information content (AvgIpc) is 3.38. The summed E-state index contributed by atoms with van der Waals surface area (Å²) in [6.07, 6.45) is 4.41. The molecule has 1 aromatic heterocycles. The third-order valence-corrected chi connectivity index (χ3v) is 5.07. The summed E-state index contributed by atoms with van der Waals surface area (Å²) in [5.41, 5.74) is 4.07. The Morgan fingerprint density at radius 2 is 2.22 bits per heavy atom. The maximum absolute atomic E-state index is 11.8. The van der Waals surface area contributed by atoms with Crippen LogP contribution in [0.3, 0.4) is 0 Å². The van der Waals surface area contributed by atoms with Crippen LogP contribution in [0.4, 0.5) is 0 Å². The van der Waals surface area contributed by atoms with Gasteiger partial charge in [-0.25, -0.2) is 4.68 Å². The molecule has 140 valence electrons. The van der Waals surface area contributed by atoms with Crippen LogP contribution in [0.2, 0.25) is 0 Å². The minimum absolute atomic E-state index is 0.00743. The summed E-state index contributed by atoms with van der Waals surface area (Å²) in [5, 5.41) is 8.59. The third-order valence-electron chi connectivity index (χ3n) is 5.07. The molecule has 2 aliphatic rings. The molecule has 1 atom stereocenters. The first kappa shape index (κ1) is 17.7. The van der Waals surface area contributed by atoms with Crippen LogP contribution in [0.25, 0.3) is 11.3 Å². The Bertz CT molecular complexity index is 904. The fourth-order valence-electron chi connectivity index (χ4n) is 3.39. The van der Waals surface area contributed by atoms with Crippen molar-refractivity contribution < 1.29 is 9.53 Å². The highest BCUT2D eigenvalue weighted by atomic mass is 16.5. The molecule has 2 fully saturated rings. The maximum Gasteiger partial charge on any atom is 0.219 e. The largest absolute Gasteiger partial charge is 0.377 e. The Labute approximate surface area is 159 Å². The molecule has 1 saturated heterocycles. The number of benzene rings is 1. The van der Waals surface area contributed by atoms with E-state index in [0.717, 1.165) is 22.4 Å². The second kappa shape index (κ2) is 7.53. The molecule has 1 amide bonds. The fourth-order valence-corrected chi connectivity index (χ4v) is 3.39. The SMILES string of the molecule is CC(=O)N1CCOCC1Cn1cc(-c2ccc(C#CC3CC3)cc2C)nn1. The van der Waals surface area contributed by atoms with Crippen LogP contribution in [-0.4, -0.2) is 51.6 Å². The van der Waals surface area contributed by atoms with Gasteiger partial charge in [0.2, 0.25) is 5.91 Å². The first-order chi connectivity index (χ1) is 13.1. The number of morpholine rings is 1. The van der Waals surface area contributed by atoms with E-state index in [4.69, 9.17) is 4.74 Å². The van der Waals surface area contributed by atoms with Gasteiger partial charge in [-0.1, -0.05) is 23.1 Å². The molecule has 4 rings (SSSR count). The molecule has 0 radical (unpaired) electrons. The van der Waals surface area contributed by atoms with E-state index in [-0.39, 0.29) is 11.9 Å². The Morgan fingerprint density at radius 3 is 2.96 bits per heavy atom. The minimum Gasteiger partial charge on any atom is -0.377 e. The van der Waals surface area contributed by atoms with Gasteiger partial charge in [0.15, 0.2) is 0 Å². The van der Waals surface area contributed by atoms with E-state index < -0.39 is 0 Å². The zero-order chi connectivity index (χ0) is 18.8. The van der Waals surface area contributed by atoms with Crippen molar-refractivity contribution in [2.24, 2.45) is 5.92 Å². The Morgan fingerprint density at radius 1 is 1.37 bits per heavy atom. The molecule has 1 unspecified atom stereocenters. The first-order valence-electron chi connectivity index (χ1n) is 9.48. The maximum atomic E-state index is 11.8. The van der Waals surface area contributed by atoms with Crippen molar-refractivity contribution in [2.45, 2.75) is 39.3 Å². The van der Waals surface area contributed by atoms with Crippen molar-refractivity contribution in [3.05, 3.63) is 35.5 Å². The standard InChI is InChI=1S/C21H24N4O2/c1-15-11-18(6-5-17-3-4-17)7-8-20(15)21-13-24(23-22-21)12-19-14-27-10-9-25(19)16(2)26/h7-8,11,13,17,19H,3-4,9-10,12,14H2,1-2H3. The van der Waals surface area contributed by atoms with Gasteiger partial charge in [-0.05, 0) is 37.5 Å². The predicted molar refractivity (Wildman–Crippen MR) is 102 cm³/mol. The average molecular weight is 364 g/mol. The molecule has 1 aliphatic heterocycles. The molecule has 1 aliphatic carbocycles. The van der Waals surface area contributed by atoms with E-state index in [1.807, 2.05) is 17.2 Å². The summed E-state index contributed by atoms with van der Waals surface area (Å²) in [6, 6.07) is 6.21. The quantitative estimate of drug-likeness (QED) is 0.784. The molecule has 2 heterocycles. The van der Waals surface area contributed by atoms with Crippen LogP contribution in [0.15, 0.2) is 24.4 Å².